The normalized spacial score (nSPS) is 10.5. The van der Waals surface area contributed by atoms with Gasteiger partial charge >= 0.3 is 5.97 Å². The zero-order chi connectivity index (χ0) is 16.8. The third-order valence-electron chi connectivity index (χ3n) is 3.23. The molecular formula is C18H16O5. The lowest BCUT2D eigenvalue weighted by atomic mass is 10.1. The van der Waals surface area contributed by atoms with Gasteiger partial charge in [-0.25, -0.2) is 4.79 Å². The number of rotatable bonds is 6. The van der Waals surface area contributed by atoms with Crippen molar-refractivity contribution in [1.82, 2.24) is 0 Å². The van der Waals surface area contributed by atoms with E-state index in [0.29, 0.717) is 22.6 Å². The maximum absolute atomic E-state index is 12.3. The largest absolute Gasteiger partial charge is 0.497 e. The number of aromatic carboxylic acids is 1. The number of allylic oxidation sites excluding steroid dienone is 1. The summed E-state index contributed by atoms with van der Waals surface area (Å²) in [5.74, 6) is -0.280. The molecule has 1 N–H and O–H groups in total. The molecule has 0 aliphatic heterocycles. The van der Waals surface area contributed by atoms with Crippen molar-refractivity contribution in [2.75, 3.05) is 14.2 Å². The van der Waals surface area contributed by atoms with Crippen molar-refractivity contribution in [2.45, 2.75) is 0 Å². The van der Waals surface area contributed by atoms with Gasteiger partial charge in [-0.15, -0.1) is 0 Å². The molecule has 0 heterocycles. The fourth-order valence-corrected chi connectivity index (χ4v) is 2.04. The predicted molar refractivity (Wildman–Crippen MR) is 86.3 cm³/mol. The van der Waals surface area contributed by atoms with Crippen molar-refractivity contribution >= 4 is 17.8 Å². The van der Waals surface area contributed by atoms with E-state index < -0.39 is 5.97 Å². The number of carbonyl (C=O) groups is 2. The molecular weight excluding hydrogens is 296 g/mol. The van der Waals surface area contributed by atoms with E-state index in [9.17, 15) is 9.59 Å². The van der Waals surface area contributed by atoms with Crippen molar-refractivity contribution in [3.63, 3.8) is 0 Å². The Morgan fingerprint density at radius 3 is 2.48 bits per heavy atom. The van der Waals surface area contributed by atoms with Crippen LogP contribution in [0.15, 0.2) is 48.5 Å². The van der Waals surface area contributed by atoms with Crippen molar-refractivity contribution in [1.29, 1.82) is 0 Å². The summed E-state index contributed by atoms with van der Waals surface area (Å²) in [7, 11) is 3.00. The topological polar surface area (TPSA) is 72.8 Å². The number of hydrogen-bond donors (Lipinski definition) is 1. The van der Waals surface area contributed by atoms with E-state index in [1.807, 2.05) is 0 Å². The van der Waals surface area contributed by atoms with E-state index in [0.717, 1.165) is 0 Å². The third kappa shape index (κ3) is 3.97. The second kappa shape index (κ2) is 7.26. The van der Waals surface area contributed by atoms with Crippen LogP contribution in [0.2, 0.25) is 0 Å². The highest BCUT2D eigenvalue weighted by atomic mass is 16.5. The quantitative estimate of drug-likeness (QED) is 0.654. The first-order valence-electron chi connectivity index (χ1n) is 6.83. The van der Waals surface area contributed by atoms with E-state index in [1.54, 1.807) is 36.4 Å². The molecule has 2 aromatic rings. The van der Waals surface area contributed by atoms with E-state index in [1.165, 1.54) is 32.4 Å². The smallest absolute Gasteiger partial charge is 0.335 e. The summed E-state index contributed by atoms with van der Waals surface area (Å²) in [4.78, 5) is 23.3. The van der Waals surface area contributed by atoms with E-state index in [2.05, 4.69) is 0 Å². The lowest BCUT2D eigenvalue weighted by Crippen LogP contribution is -2.00. The van der Waals surface area contributed by atoms with Crippen LogP contribution in [-0.4, -0.2) is 31.1 Å². The molecule has 23 heavy (non-hydrogen) atoms. The van der Waals surface area contributed by atoms with Gasteiger partial charge in [0.05, 0.1) is 25.3 Å². The van der Waals surface area contributed by atoms with E-state index in [-0.39, 0.29) is 11.3 Å². The van der Waals surface area contributed by atoms with Crippen LogP contribution in [-0.2, 0) is 0 Å². The van der Waals surface area contributed by atoms with Crippen molar-refractivity contribution in [2.24, 2.45) is 0 Å². The number of hydrogen-bond acceptors (Lipinski definition) is 4. The zero-order valence-corrected chi connectivity index (χ0v) is 12.8. The fraction of sp³-hybridized carbons (Fsp3) is 0.111. The van der Waals surface area contributed by atoms with E-state index >= 15 is 0 Å². The van der Waals surface area contributed by atoms with Crippen LogP contribution in [0.5, 0.6) is 11.5 Å². The Morgan fingerprint density at radius 2 is 1.83 bits per heavy atom. The molecule has 0 aromatic heterocycles. The Kier molecular flexibility index (Phi) is 5.15. The highest BCUT2D eigenvalue weighted by Gasteiger charge is 2.11. The maximum atomic E-state index is 12.3. The minimum Gasteiger partial charge on any atom is -0.497 e. The molecule has 0 radical (unpaired) electrons. The van der Waals surface area contributed by atoms with Crippen LogP contribution in [0, 0.1) is 0 Å². The number of methoxy groups -OCH3 is 2. The minimum absolute atomic E-state index is 0.165. The van der Waals surface area contributed by atoms with Gasteiger partial charge in [-0.3, -0.25) is 4.79 Å². The summed E-state index contributed by atoms with van der Waals surface area (Å²) in [5.41, 5.74) is 1.16. The molecule has 5 nitrogen and oxygen atoms in total. The first kappa shape index (κ1) is 16.3. The zero-order valence-electron chi connectivity index (χ0n) is 12.8. The number of ketones is 1. The summed E-state index contributed by atoms with van der Waals surface area (Å²) >= 11 is 0. The van der Waals surface area contributed by atoms with Crippen LogP contribution in [0.4, 0.5) is 0 Å². The molecule has 0 saturated carbocycles. The third-order valence-corrected chi connectivity index (χ3v) is 3.23. The van der Waals surface area contributed by atoms with Crippen LogP contribution in [0.3, 0.4) is 0 Å². The molecule has 0 fully saturated rings. The average molecular weight is 312 g/mol. The van der Waals surface area contributed by atoms with Gasteiger partial charge in [-0.05, 0) is 42.0 Å². The number of carbonyl (C=O) groups excluding carboxylic acids is 1. The Labute approximate surface area is 133 Å². The fourth-order valence-electron chi connectivity index (χ4n) is 2.04. The Balaban J connectivity index is 2.28. The molecule has 2 rings (SSSR count). The number of benzene rings is 2. The summed E-state index contributed by atoms with van der Waals surface area (Å²) in [6, 6.07) is 11.3. The van der Waals surface area contributed by atoms with Gasteiger partial charge in [0.2, 0.25) is 0 Å². The monoisotopic (exact) mass is 312 g/mol. The Bertz CT molecular complexity index is 762. The molecule has 5 heteroatoms. The minimum atomic E-state index is -1.01. The van der Waals surface area contributed by atoms with Crippen molar-refractivity contribution in [3.8, 4) is 11.5 Å². The van der Waals surface area contributed by atoms with Crippen LogP contribution in [0.1, 0.15) is 26.3 Å². The van der Waals surface area contributed by atoms with Gasteiger partial charge in [-0.1, -0.05) is 18.2 Å². The molecule has 118 valence electrons. The van der Waals surface area contributed by atoms with Gasteiger partial charge in [0.1, 0.15) is 11.5 Å². The molecule has 0 atom stereocenters. The van der Waals surface area contributed by atoms with Crippen LogP contribution in [0.25, 0.3) is 6.08 Å². The molecule has 2 aromatic carbocycles. The summed E-state index contributed by atoms with van der Waals surface area (Å²) in [5, 5.41) is 8.97. The maximum Gasteiger partial charge on any atom is 0.335 e. The lowest BCUT2D eigenvalue weighted by molar-refractivity contribution is 0.0696. The molecule has 0 aliphatic carbocycles. The van der Waals surface area contributed by atoms with Crippen molar-refractivity contribution in [3.05, 3.63) is 65.2 Å². The molecule has 0 saturated heterocycles. The number of ether oxygens (including phenoxy) is 2. The Hall–Kier alpha value is -3.08. The van der Waals surface area contributed by atoms with Gasteiger partial charge in [-0.2, -0.15) is 0 Å². The summed E-state index contributed by atoms with van der Waals surface area (Å²) in [6.07, 6.45) is 2.94. The molecule has 0 spiro atoms. The second-order valence-electron chi connectivity index (χ2n) is 4.69. The highest BCUT2D eigenvalue weighted by Crippen LogP contribution is 2.25. The number of carboxylic acid groups (broad SMARTS) is 1. The standard InChI is InChI=1S/C18H16O5/c1-22-14-7-9-17(23-2)15(11-14)16(19)8-6-12-4-3-5-13(10-12)18(20)21/h3-11H,1-2H3,(H,20,21). The summed E-state index contributed by atoms with van der Waals surface area (Å²) in [6.45, 7) is 0. The highest BCUT2D eigenvalue weighted by molar-refractivity contribution is 6.09. The van der Waals surface area contributed by atoms with Crippen LogP contribution >= 0.6 is 0 Å². The molecule has 0 bridgehead atoms. The molecule has 0 aliphatic rings. The van der Waals surface area contributed by atoms with E-state index in [4.69, 9.17) is 14.6 Å². The summed E-state index contributed by atoms with van der Waals surface area (Å²) < 4.78 is 10.3. The average Bonchev–Trinajstić information content (AvgIpc) is 2.59. The number of carboxylic acids is 1. The van der Waals surface area contributed by atoms with Crippen molar-refractivity contribution < 1.29 is 24.2 Å². The lowest BCUT2D eigenvalue weighted by Gasteiger charge is -2.07. The van der Waals surface area contributed by atoms with Gasteiger partial charge in [0.15, 0.2) is 5.78 Å². The van der Waals surface area contributed by atoms with Gasteiger partial charge in [0, 0.05) is 0 Å². The molecule has 0 amide bonds. The SMILES string of the molecule is COc1ccc(OC)c(C(=O)C=Cc2cccc(C(=O)O)c2)c1. The first-order chi connectivity index (χ1) is 11.0. The molecule has 0 unspecified atom stereocenters. The van der Waals surface area contributed by atoms with Crippen LogP contribution < -0.4 is 9.47 Å². The second-order valence-corrected chi connectivity index (χ2v) is 4.69. The predicted octanol–water partition coefficient (Wildman–Crippen LogP) is 3.30. The first-order valence-corrected chi connectivity index (χ1v) is 6.83. The van der Waals surface area contributed by atoms with Gasteiger partial charge in [0.25, 0.3) is 0 Å². The Morgan fingerprint density at radius 1 is 1.04 bits per heavy atom. The van der Waals surface area contributed by atoms with Gasteiger partial charge < -0.3 is 14.6 Å².